The minimum atomic E-state index is 0.323. The Morgan fingerprint density at radius 2 is 1.67 bits per heavy atom. The summed E-state index contributed by atoms with van der Waals surface area (Å²) in [5.74, 6) is 3.81. The van der Waals surface area contributed by atoms with Gasteiger partial charge in [-0.3, -0.25) is 4.90 Å². The number of benzene rings is 2. The normalized spacial score (nSPS) is 17.5. The van der Waals surface area contributed by atoms with Crippen molar-refractivity contribution in [2.45, 2.75) is 38.6 Å². The molecule has 3 aliphatic rings. The van der Waals surface area contributed by atoms with Gasteiger partial charge in [0.15, 0.2) is 11.5 Å². The van der Waals surface area contributed by atoms with E-state index in [-0.39, 0.29) is 0 Å². The number of fused-ring (bicyclic) bond motifs is 4. The lowest BCUT2D eigenvalue weighted by atomic mass is 9.96. The van der Waals surface area contributed by atoms with Crippen molar-refractivity contribution in [2.75, 3.05) is 37.9 Å². The third-order valence-electron chi connectivity index (χ3n) is 7.56. The average Bonchev–Trinajstić information content (AvgIpc) is 3.53. The number of rotatable bonds is 5. The highest BCUT2D eigenvalue weighted by Crippen LogP contribution is 2.40. The molecule has 2 aromatic carbocycles. The van der Waals surface area contributed by atoms with Gasteiger partial charge in [0.2, 0.25) is 6.79 Å². The number of aromatic nitrogens is 2. The second-order valence-electron chi connectivity index (χ2n) is 9.97. The molecule has 4 heterocycles. The third-order valence-corrected chi connectivity index (χ3v) is 8.75. The van der Waals surface area contributed by atoms with Gasteiger partial charge in [-0.05, 0) is 54.5 Å². The van der Waals surface area contributed by atoms with E-state index in [1.54, 1.807) is 0 Å². The highest BCUT2D eigenvalue weighted by atomic mass is 32.1. The highest BCUT2D eigenvalue weighted by Gasteiger charge is 2.26. The minimum Gasteiger partial charge on any atom is -0.454 e. The van der Waals surface area contributed by atoms with Crippen LogP contribution in [0.15, 0.2) is 48.5 Å². The lowest BCUT2D eigenvalue weighted by molar-refractivity contribution is 0.174. The van der Waals surface area contributed by atoms with E-state index < -0.39 is 0 Å². The first-order chi connectivity index (χ1) is 17.8. The van der Waals surface area contributed by atoms with Crippen LogP contribution in [0, 0.1) is 0 Å². The Balaban J connectivity index is 1.15. The molecule has 1 aliphatic carbocycles. The zero-order valence-electron chi connectivity index (χ0n) is 20.4. The van der Waals surface area contributed by atoms with Crippen LogP contribution in [-0.4, -0.2) is 47.8 Å². The third kappa shape index (κ3) is 4.20. The molecule has 1 saturated heterocycles. The fourth-order valence-corrected chi connectivity index (χ4v) is 6.96. The Kier molecular flexibility index (Phi) is 5.75. The topological polar surface area (TPSA) is 50.7 Å². The van der Waals surface area contributed by atoms with Crippen molar-refractivity contribution >= 4 is 27.4 Å². The second kappa shape index (κ2) is 9.37. The Morgan fingerprint density at radius 1 is 0.833 bits per heavy atom. The molecule has 0 atom stereocenters. The molecule has 4 aromatic rings. The molecule has 1 fully saturated rings. The van der Waals surface area contributed by atoms with E-state index in [1.165, 1.54) is 51.0 Å². The SMILES string of the molecule is c1ccc(Cc2nc(N3CCN(Cc4ccc5c(c4)OCO5)CC3)c3c4c(sc3n2)CCCC4)cc1. The van der Waals surface area contributed by atoms with Crippen LogP contribution in [0.3, 0.4) is 0 Å². The van der Waals surface area contributed by atoms with Crippen molar-refractivity contribution in [2.24, 2.45) is 0 Å². The summed E-state index contributed by atoms with van der Waals surface area (Å²) >= 11 is 1.90. The second-order valence-corrected chi connectivity index (χ2v) is 11.1. The average molecular weight is 499 g/mol. The van der Waals surface area contributed by atoms with Gasteiger partial charge < -0.3 is 14.4 Å². The standard InChI is InChI=1S/C29H30N4O2S/c1-2-6-20(7-3-1)17-26-30-28(27-22-8-4-5-9-25(22)36-29(27)31-26)33-14-12-32(13-15-33)18-21-10-11-23-24(16-21)35-19-34-23/h1-3,6-7,10-11,16H,4-5,8-9,12-15,17-19H2. The van der Waals surface area contributed by atoms with E-state index in [0.29, 0.717) is 6.79 Å². The lowest BCUT2D eigenvalue weighted by Gasteiger charge is -2.36. The smallest absolute Gasteiger partial charge is 0.231 e. The fraction of sp³-hybridized carbons (Fsp3) is 0.379. The van der Waals surface area contributed by atoms with Gasteiger partial charge >= 0.3 is 0 Å². The summed E-state index contributed by atoms with van der Waals surface area (Å²) < 4.78 is 11.0. The van der Waals surface area contributed by atoms with Crippen LogP contribution in [0.4, 0.5) is 5.82 Å². The van der Waals surface area contributed by atoms with E-state index >= 15 is 0 Å². The van der Waals surface area contributed by atoms with Gasteiger partial charge in [0, 0.05) is 44.0 Å². The van der Waals surface area contributed by atoms with Crippen molar-refractivity contribution in [3.05, 3.63) is 75.9 Å². The highest BCUT2D eigenvalue weighted by molar-refractivity contribution is 7.19. The number of ether oxygens (including phenoxy) is 2. The predicted octanol–water partition coefficient (Wildman–Crippen LogP) is 5.21. The first kappa shape index (κ1) is 22.1. The van der Waals surface area contributed by atoms with E-state index in [2.05, 4.69) is 52.3 Å². The quantitative estimate of drug-likeness (QED) is 0.376. The van der Waals surface area contributed by atoms with Crippen molar-refractivity contribution < 1.29 is 9.47 Å². The monoisotopic (exact) mass is 498 g/mol. The van der Waals surface area contributed by atoms with Crippen molar-refractivity contribution in [3.8, 4) is 11.5 Å². The molecule has 2 aromatic heterocycles. The summed E-state index contributed by atoms with van der Waals surface area (Å²) in [5.41, 5.74) is 4.05. The van der Waals surface area contributed by atoms with Gasteiger partial charge in [-0.1, -0.05) is 36.4 Å². The number of aryl methyl sites for hydroxylation is 2. The maximum Gasteiger partial charge on any atom is 0.231 e. The van der Waals surface area contributed by atoms with Crippen LogP contribution < -0.4 is 14.4 Å². The van der Waals surface area contributed by atoms with Crippen LogP contribution in [0.2, 0.25) is 0 Å². The summed E-state index contributed by atoms with van der Waals surface area (Å²) in [4.78, 5) is 18.1. The van der Waals surface area contributed by atoms with Gasteiger partial charge in [0.05, 0.1) is 5.39 Å². The van der Waals surface area contributed by atoms with Crippen LogP contribution in [-0.2, 0) is 25.8 Å². The number of hydrogen-bond acceptors (Lipinski definition) is 7. The molecule has 2 aliphatic heterocycles. The van der Waals surface area contributed by atoms with Gasteiger partial charge in [-0.2, -0.15) is 0 Å². The number of thiophene rings is 1. The van der Waals surface area contributed by atoms with Crippen molar-refractivity contribution in [1.29, 1.82) is 0 Å². The summed E-state index contributed by atoms with van der Waals surface area (Å²) in [6, 6.07) is 16.9. The first-order valence-corrected chi connectivity index (χ1v) is 13.8. The first-order valence-electron chi connectivity index (χ1n) is 13.0. The number of hydrogen-bond donors (Lipinski definition) is 0. The minimum absolute atomic E-state index is 0.323. The maximum absolute atomic E-state index is 5.57. The molecular formula is C29H30N4O2S. The maximum atomic E-state index is 5.57. The molecule has 0 radical (unpaired) electrons. The van der Waals surface area contributed by atoms with Gasteiger partial charge in [-0.15, -0.1) is 11.3 Å². The molecule has 0 unspecified atom stereocenters. The fourth-order valence-electron chi connectivity index (χ4n) is 5.68. The molecule has 0 bridgehead atoms. The van der Waals surface area contributed by atoms with Crippen LogP contribution in [0.1, 0.15) is 40.2 Å². The van der Waals surface area contributed by atoms with E-state index in [9.17, 15) is 0 Å². The molecule has 36 heavy (non-hydrogen) atoms. The van der Waals surface area contributed by atoms with Crippen molar-refractivity contribution in [1.82, 2.24) is 14.9 Å². The summed E-state index contributed by atoms with van der Waals surface area (Å²) in [6.07, 6.45) is 5.68. The molecule has 6 nitrogen and oxygen atoms in total. The zero-order valence-corrected chi connectivity index (χ0v) is 21.2. The van der Waals surface area contributed by atoms with Crippen molar-refractivity contribution in [3.63, 3.8) is 0 Å². The number of piperazine rings is 1. The Labute approximate surface area is 215 Å². The van der Waals surface area contributed by atoms with Gasteiger partial charge in [-0.25, -0.2) is 9.97 Å². The Morgan fingerprint density at radius 3 is 2.56 bits per heavy atom. The molecule has 7 rings (SSSR count). The van der Waals surface area contributed by atoms with E-state index in [4.69, 9.17) is 19.4 Å². The molecule has 0 N–H and O–H groups in total. The van der Waals surface area contributed by atoms with Gasteiger partial charge in [0.1, 0.15) is 16.5 Å². The van der Waals surface area contributed by atoms with Gasteiger partial charge in [0.25, 0.3) is 0 Å². The van der Waals surface area contributed by atoms with Crippen LogP contribution in [0.25, 0.3) is 10.2 Å². The number of anilines is 1. The Hall–Kier alpha value is -3.16. The largest absolute Gasteiger partial charge is 0.454 e. The summed E-state index contributed by atoms with van der Waals surface area (Å²) in [5, 5.41) is 1.33. The summed E-state index contributed by atoms with van der Waals surface area (Å²) in [6.45, 7) is 5.23. The molecule has 0 spiro atoms. The predicted molar refractivity (Wildman–Crippen MR) is 143 cm³/mol. The molecule has 0 amide bonds. The Bertz CT molecular complexity index is 1400. The lowest BCUT2D eigenvalue weighted by Crippen LogP contribution is -2.46. The molecule has 0 saturated carbocycles. The molecule has 184 valence electrons. The molecular weight excluding hydrogens is 468 g/mol. The number of nitrogens with zero attached hydrogens (tertiary/aromatic N) is 4. The molecule has 7 heteroatoms. The van der Waals surface area contributed by atoms with Crippen LogP contribution in [0.5, 0.6) is 11.5 Å². The van der Waals surface area contributed by atoms with E-state index in [0.717, 1.165) is 68.7 Å². The van der Waals surface area contributed by atoms with Crippen LogP contribution >= 0.6 is 11.3 Å². The van der Waals surface area contributed by atoms with E-state index in [1.807, 2.05) is 17.4 Å². The summed E-state index contributed by atoms with van der Waals surface area (Å²) in [7, 11) is 0. The zero-order chi connectivity index (χ0) is 23.9.